The highest BCUT2D eigenvalue weighted by atomic mass is 16.5. The smallest absolute Gasteiger partial charge is 0.325 e. The van der Waals surface area contributed by atoms with E-state index in [-0.39, 0.29) is 18.5 Å². The second kappa shape index (κ2) is 8.20. The van der Waals surface area contributed by atoms with Crippen LogP contribution in [-0.4, -0.2) is 48.0 Å². The maximum atomic E-state index is 13.0. The zero-order chi connectivity index (χ0) is 20.3. The Labute approximate surface area is 165 Å². The number of carbonyl (C=O) groups excluding carboxylic acids is 3. The van der Waals surface area contributed by atoms with Gasteiger partial charge in [-0.05, 0) is 37.3 Å². The molecule has 152 valence electrons. The molecule has 3 rings (SSSR count). The third kappa shape index (κ3) is 4.13. The molecule has 0 unspecified atom stereocenters. The highest BCUT2D eigenvalue weighted by Gasteiger charge is 2.48. The first-order valence-electron chi connectivity index (χ1n) is 9.89. The van der Waals surface area contributed by atoms with E-state index in [1.807, 2.05) is 24.3 Å². The molecule has 4 amide bonds. The highest BCUT2D eigenvalue weighted by Crippen LogP contribution is 2.27. The molecule has 2 N–H and O–H groups in total. The molecule has 0 aromatic heterocycles. The molecular formula is C21H29N3O4. The molecule has 1 saturated carbocycles. The van der Waals surface area contributed by atoms with Crippen LogP contribution in [0.3, 0.4) is 0 Å². The second-order valence-corrected chi connectivity index (χ2v) is 8.08. The lowest BCUT2D eigenvalue weighted by Crippen LogP contribution is -2.48. The number of rotatable bonds is 6. The summed E-state index contributed by atoms with van der Waals surface area (Å²) in [5.41, 5.74) is -0.284. The topological polar surface area (TPSA) is 87.7 Å². The molecule has 1 heterocycles. The summed E-state index contributed by atoms with van der Waals surface area (Å²) in [7, 11) is 1.57. The summed E-state index contributed by atoms with van der Waals surface area (Å²) in [5, 5.41) is 5.75. The molecule has 1 aromatic carbocycles. The van der Waals surface area contributed by atoms with Crippen molar-refractivity contribution < 1.29 is 19.1 Å². The predicted octanol–water partition coefficient (Wildman–Crippen LogP) is 2.24. The number of amides is 4. The zero-order valence-corrected chi connectivity index (χ0v) is 16.8. The molecule has 2 fully saturated rings. The first-order valence-corrected chi connectivity index (χ1v) is 9.89. The Balaban J connectivity index is 1.66. The van der Waals surface area contributed by atoms with Crippen LogP contribution in [0.1, 0.15) is 45.1 Å². The number of imide groups is 1. The normalized spacial score (nSPS) is 27.5. The van der Waals surface area contributed by atoms with Gasteiger partial charge in [0.1, 0.15) is 17.8 Å². The Kier molecular flexibility index (Phi) is 5.91. The summed E-state index contributed by atoms with van der Waals surface area (Å²) in [6, 6.07) is 6.97. The molecule has 28 heavy (non-hydrogen) atoms. The Morgan fingerprint density at radius 1 is 1.29 bits per heavy atom. The van der Waals surface area contributed by atoms with E-state index in [9.17, 15) is 14.4 Å². The van der Waals surface area contributed by atoms with Gasteiger partial charge in [-0.25, -0.2) is 4.79 Å². The lowest BCUT2D eigenvalue weighted by Gasteiger charge is -2.30. The Morgan fingerprint density at radius 2 is 2.00 bits per heavy atom. The van der Waals surface area contributed by atoms with Crippen LogP contribution in [-0.2, 0) is 16.0 Å². The lowest BCUT2D eigenvalue weighted by atomic mass is 9.86. The van der Waals surface area contributed by atoms with E-state index < -0.39 is 17.5 Å². The van der Waals surface area contributed by atoms with Crippen LogP contribution in [0.5, 0.6) is 5.75 Å². The average Bonchev–Trinajstić information content (AvgIpc) is 2.87. The van der Waals surface area contributed by atoms with E-state index >= 15 is 0 Å². The minimum atomic E-state index is -1.11. The number of nitrogens with zero attached hydrogens (tertiary/aromatic N) is 1. The first-order chi connectivity index (χ1) is 13.3. The van der Waals surface area contributed by atoms with Crippen LogP contribution >= 0.6 is 0 Å². The van der Waals surface area contributed by atoms with Gasteiger partial charge >= 0.3 is 6.03 Å². The summed E-state index contributed by atoms with van der Waals surface area (Å²) in [4.78, 5) is 38.9. The summed E-state index contributed by atoms with van der Waals surface area (Å²) >= 11 is 0. The van der Waals surface area contributed by atoms with Gasteiger partial charge < -0.3 is 15.4 Å². The van der Waals surface area contributed by atoms with Gasteiger partial charge in [-0.2, -0.15) is 0 Å². The van der Waals surface area contributed by atoms with Gasteiger partial charge in [0.05, 0.1) is 7.11 Å². The van der Waals surface area contributed by atoms with Crippen molar-refractivity contribution in [3.05, 3.63) is 29.8 Å². The molecule has 2 aliphatic rings. The number of nitrogens with one attached hydrogen (secondary N) is 2. The van der Waals surface area contributed by atoms with Crippen LogP contribution in [0.2, 0.25) is 0 Å². The minimum Gasteiger partial charge on any atom is -0.496 e. The molecule has 1 aromatic rings. The van der Waals surface area contributed by atoms with Crippen molar-refractivity contribution in [1.29, 1.82) is 0 Å². The van der Waals surface area contributed by atoms with Crippen molar-refractivity contribution in [2.75, 3.05) is 13.7 Å². The van der Waals surface area contributed by atoms with Gasteiger partial charge in [0, 0.05) is 12.5 Å². The number of methoxy groups -OCH3 is 1. The van der Waals surface area contributed by atoms with E-state index in [1.165, 1.54) is 6.42 Å². The van der Waals surface area contributed by atoms with Crippen LogP contribution in [0, 0.1) is 5.92 Å². The van der Waals surface area contributed by atoms with Gasteiger partial charge in [-0.3, -0.25) is 14.5 Å². The van der Waals surface area contributed by atoms with Gasteiger partial charge in [0.2, 0.25) is 5.91 Å². The summed E-state index contributed by atoms with van der Waals surface area (Å²) in [6.45, 7) is 3.55. The fourth-order valence-corrected chi connectivity index (χ4v) is 4.17. The third-order valence-corrected chi connectivity index (χ3v) is 5.84. The summed E-state index contributed by atoms with van der Waals surface area (Å²) in [5.74, 6) is 0.393. The predicted molar refractivity (Wildman–Crippen MR) is 105 cm³/mol. The van der Waals surface area contributed by atoms with Gasteiger partial charge in [0.25, 0.3) is 5.91 Å². The van der Waals surface area contributed by atoms with Crippen molar-refractivity contribution in [2.24, 2.45) is 5.92 Å². The van der Waals surface area contributed by atoms with Crippen molar-refractivity contribution in [3.8, 4) is 5.75 Å². The number of carbonyl (C=O) groups is 3. The number of ether oxygens (including phenoxy) is 1. The summed E-state index contributed by atoms with van der Waals surface area (Å²) < 4.78 is 5.35. The number of para-hydroxylation sites is 1. The van der Waals surface area contributed by atoms with Gasteiger partial charge in [-0.1, -0.05) is 38.0 Å². The van der Waals surface area contributed by atoms with E-state index in [0.717, 1.165) is 29.7 Å². The van der Waals surface area contributed by atoms with Gasteiger partial charge in [-0.15, -0.1) is 0 Å². The number of urea groups is 1. The largest absolute Gasteiger partial charge is 0.496 e. The van der Waals surface area contributed by atoms with Crippen molar-refractivity contribution in [2.45, 2.75) is 57.5 Å². The summed E-state index contributed by atoms with van der Waals surface area (Å²) in [6.07, 6.45) is 4.60. The standard InChI is InChI=1S/C21H29N3O4/c1-14-8-4-6-10-16(14)22-18(25)13-24-19(26)21(2,23-20(24)27)12-15-9-5-7-11-17(15)28-3/h5,7,9,11,14,16H,4,6,8,10,12-13H2,1-3H3,(H,22,25)(H,23,27)/t14-,16+,21+/m0/s1. The maximum absolute atomic E-state index is 13.0. The minimum absolute atomic E-state index is 0.113. The second-order valence-electron chi connectivity index (χ2n) is 8.08. The lowest BCUT2D eigenvalue weighted by molar-refractivity contribution is -0.134. The molecule has 0 spiro atoms. The van der Waals surface area contributed by atoms with Crippen molar-refractivity contribution in [3.63, 3.8) is 0 Å². The van der Waals surface area contributed by atoms with Crippen molar-refractivity contribution >= 4 is 17.8 Å². The fraction of sp³-hybridized carbons (Fsp3) is 0.571. The molecule has 1 aliphatic carbocycles. The van der Waals surface area contributed by atoms with Crippen LogP contribution < -0.4 is 15.4 Å². The first kappa shape index (κ1) is 20.2. The molecular weight excluding hydrogens is 358 g/mol. The third-order valence-electron chi connectivity index (χ3n) is 5.84. The number of hydrogen-bond acceptors (Lipinski definition) is 4. The molecule has 0 radical (unpaired) electrons. The highest BCUT2D eigenvalue weighted by molar-refractivity contribution is 6.09. The molecule has 0 bridgehead atoms. The fourth-order valence-electron chi connectivity index (χ4n) is 4.17. The van der Waals surface area contributed by atoms with Crippen molar-refractivity contribution in [1.82, 2.24) is 15.5 Å². The van der Waals surface area contributed by atoms with E-state index in [0.29, 0.717) is 18.1 Å². The van der Waals surface area contributed by atoms with Crippen LogP contribution in [0.4, 0.5) is 4.79 Å². The number of hydrogen-bond donors (Lipinski definition) is 2. The van der Waals surface area contributed by atoms with E-state index in [1.54, 1.807) is 14.0 Å². The Hall–Kier alpha value is -2.57. The SMILES string of the molecule is COc1ccccc1C[C@@]1(C)NC(=O)N(CC(=O)N[C@@H]2CCCC[C@@H]2C)C1=O. The van der Waals surface area contributed by atoms with E-state index in [2.05, 4.69) is 17.6 Å². The Bertz CT molecular complexity index is 766. The molecule has 7 nitrogen and oxygen atoms in total. The zero-order valence-electron chi connectivity index (χ0n) is 16.8. The molecule has 7 heteroatoms. The average molecular weight is 387 g/mol. The number of benzene rings is 1. The molecule has 1 saturated heterocycles. The van der Waals surface area contributed by atoms with E-state index in [4.69, 9.17) is 4.74 Å². The Morgan fingerprint density at radius 3 is 2.71 bits per heavy atom. The molecule has 1 aliphatic heterocycles. The monoisotopic (exact) mass is 387 g/mol. The quantitative estimate of drug-likeness (QED) is 0.733. The molecule has 3 atom stereocenters. The maximum Gasteiger partial charge on any atom is 0.325 e. The van der Waals surface area contributed by atoms with Crippen LogP contribution in [0.15, 0.2) is 24.3 Å². The van der Waals surface area contributed by atoms with Gasteiger partial charge in [0.15, 0.2) is 0 Å². The van der Waals surface area contributed by atoms with Crippen LogP contribution in [0.25, 0.3) is 0 Å².